The van der Waals surface area contributed by atoms with Gasteiger partial charge >= 0.3 is 0 Å². The number of non-ortho nitro benzene ring substituents is 1. The second-order valence-electron chi connectivity index (χ2n) is 6.67. The van der Waals surface area contributed by atoms with Gasteiger partial charge in [-0.1, -0.05) is 29.0 Å². The van der Waals surface area contributed by atoms with Crippen LogP contribution in [0.1, 0.15) is 12.0 Å². The second kappa shape index (κ2) is 9.14. The monoisotopic (exact) mass is 495 g/mol. The van der Waals surface area contributed by atoms with Crippen LogP contribution in [0.4, 0.5) is 10.8 Å². The number of thiazole rings is 1. The molecule has 0 aliphatic heterocycles. The number of nitro groups is 1. The van der Waals surface area contributed by atoms with Crippen molar-refractivity contribution in [1.82, 2.24) is 4.98 Å². The van der Waals surface area contributed by atoms with E-state index in [1.807, 2.05) is 6.92 Å². The molecule has 2 aromatic carbocycles. The van der Waals surface area contributed by atoms with E-state index in [0.717, 1.165) is 36.0 Å². The van der Waals surface area contributed by atoms with Crippen LogP contribution in [0.5, 0.6) is 0 Å². The number of carbonyl (C=O) groups is 1. The van der Waals surface area contributed by atoms with E-state index >= 15 is 0 Å². The summed E-state index contributed by atoms with van der Waals surface area (Å²) >= 11 is 0.690. The van der Waals surface area contributed by atoms with Crippen molar-refractivity contribution in [2.45, 2.75) is 27.3 Å². The lowest BCUT2D eigenvalue weighted by Crippen LogP contribution is -2.17. The maximum absolute atomic E-state index is 12.7. The maximum Gasteiger partial charge on any atom is 0.269 e. The number of hydrogen-bond donors (Lipinski definition) is 1. The minimum absolute atomic E-state index is 0.0109. The number of nitrogens with one attached hydrogen (secondary N) is 1. The molecule has 32 heavy (non-hydrogen) atoms. The van der Waals surface area contributed by atoms with E-state index < -0.39 is 36.3 Å². The number of anilines is 1. The molecule has 0 spiro atoms. The summed E-state index contributed by atoms with van der Waals surface area (Å²) < 4.78 is 49.8. The number of carbonyl (C=O) groups excluding carboxylic acids is 1. The van der Waals surface area contributed by atoms with E-state index in [1.165, 1.54) is 12.1 Å². The van der Waals surface area contributed by atoms with Crippen molar-refractivity contribution in [1.29, 1.82) is 0 Å². The predicted octanol–water partition coefficient (Wildman–Crippen LogP) is 3.00. The first-order chi connectivity index (χ1) is 15.0. The van der Waals surface area contributed by atoms with Gasteiger partial charge in [0, 0.05) is 18.6 Å². The molecule has 0 unspecified atom stereocenters. The van der Waals surface area contributed by atoms with Gasteiger partial charge in [-0.15, -0.1) is 0 Å². The number of amides is 1. The van der Waals surface area contributed by atoms with Crippen molar-refractivity contribution in [2.75, 3.05) is 11.1 Å². The average molecular weight is 496 g/mol. The Kier molecular flexibility index (Phi) is 6.71. The molecule has 0 aliphatic rings. The number of nitrogens with zero attached hydrogens (tertiary/aromatic N) is 2. The first-order valence-corrected chi connectivity index (χ1v) is 13.0. The molecule has 13 heteroatoms. The summed E-state index contributed by atoms with van der Waals surface area (Å²) in [6.45, 7) is 1.83. The summed E-state index contributed by atoms with van der Waals surface area (Å²) in [6.07, 6.45) is 0.723. The Balaban J connectivity index is 1.66. The molecule has 1 N–H and O–H groups in total. The van der Waals surface area contributed by atoms with Crippen LogP contribution < -0.4 is 5.32 Å². The topological polar surface area (TPSA) is 153 Å². The lowest BCUT2D eigenvalue weighted by atomic mass is 10.2. The Morgan fingerprint density at radius 1 is 1.03 bits per heavy atom. The number of nitro benzene ring substituents is 1. The molecular weight excluding hydrogens is 478 g/mol. The molecule has 1 heterocycles. The normalized spacial score (nSPS) is 11.8. The fourth-order valence-corrected chi connectivity index (χ4v) is 6.27. The van der Waals surface area contributed by atoms with Crippen LogP contribution in [0, 0.1) is 17.0 Å². The zero-order valence-electron chi connectivity index (χ0n) is 16.6. The molecular formula is C19H17N3O7S3. The zero-order valence-corrected chi connectivity index (χ0v) is 19.0. The third-order valence-corrected chi connectivity index (χ3v) is 9.21. The minimum atomic E-state index is -3.99. The number of benzene rings is 2. The molecule has 3 rings (SSSR count). The molecule has 0 radical (unpaired) electrons. The first-order valence-electron chi connectivity index (χ1n) is 9.04. The van der Waals surface area contributed by atoms with Gasteiger partial charge < -0.3 is 5.32 Å². The van der Waals surface area contributed by atoms with Gasteiger partial charge in [-0.3, -0.25) is 14.9 Å². The highest BCUT2D eigenvalue weighted by Crippen LogP contribution is 2.29. The molecule has 0 aliphatic carbocycles. The fraction of sp³-hybridized carbons (Fsp3) is 0.158. The smallest absolute Gasteiger partial charge is 0.269 e. The van der Waals surface area contributed by atoms with Gasteiger partial charge in [0.25, 0.3) is 5.69 Å². The summed E-state index contributed by atoms with van der Waals surface area (Å²) in [4.78, 5) is 26.0. The molecule has 0 saturated heterocycles. The molecule has 0 saturated carbocycles. The maximum atomic E-state index is 12.7. The second-order valence-corrected chi connectivity index (χ2v) is 12.0. The van der Waals surface area contributed by atoms with Crippen molar-refractivity contribution < 1.29 is 26.6 Å². The summed E-state index contributed by atoms with van der Waals surface area (Å²) in [6, 6.07) is 10.6. The number of hydrogen-bond acceptors (Lipinski definition) is 9. The molecule has 10 nitrogen and oxygen atoms in total. The van der Waals surface area contributed by atoms with Crippen LogP contribution in [0.3, 0.4) is 0 Å². The Labute approximate surface area is 187 Å². The Morgan fingerprint density at radius 3 is 2.22 bits per heavy atom. The van der Waals surface area contributed by atoms with Crippen LogP contribution in [0.15, 0.2) is 68.7 Å². The van der Waals surface area contributed by atoms with Gasteiger partial charge in [0.05, 0.1) is 26.7 Å². The largest absolute Gasteiger partial charge is 0.302 e. The van der Waals surface area contributed by atoms with Crippen LogP contribution >= 0.6 is 11.3 Å². The van der Waals surface area contributed by atoms with Crippen LogP contribution in [0.2, 0.25) is 0 Å². The van der Waals surface area contributed by atoms with Crippen molar-refractivity contribution >= 4 is 47.7 Å². The van der Waals surface area contributed by atoms with Crippen LogP contribution in [-0.4, -0.2) is 38.4 Å². The Bertz CT molecular complexity index is 1360. The number of aryl methyl sites for hydroxylation is 1. The lowest BCUT2D eigenvalue weighted by molar-refractivity contribution is -0.384. The van der Waals surface area contributed by atoms with E-state index in [-0.39, 0.29) is 31.2 Å². The SMILES string of the molecule is Cc1ccc(S(=O)(=O)CCC(=O)Nc2ncc(S(=O)(=O)c3ccc([N+](=O)[O-])cc3)s2)cc1. The molecule has 0 bridgehead atoms. The fourth-order valence-electron chi connectivity index (χ4n) is 2.58. The molecule has 1 aromatic heterocycles. The van der Waals surface area contributed by atoms with Gasteiger partial charge in [0.15, 0.2) is 15.0 Å². The van der Waals surface area contributed by atoms with Crippen molar-refractivity contribution in [3.05, 3.63) is 70.4 Å². The first kappa shape index (κ1) is 23.5. The van der Waals surface area contributed by atoms with Crippen molar-refractivity contribution in [3.63, 3.8) is 0 Å². The molecule has 3 aromatic rings. The molecule has 0 fully saturated rings. The van der Waals surface area contributed by atoms with E-state index in [9.17, 15) is 31.7 Å². The third-order valence-electron chi connectivity index (χ3n) is 4.33. The quantitative estimate of drug-likeness (QED) is 0.369. The Hall–Kier alpha value is -3.16. The average Bonchev–Trinajstić information content (AvgIpc) is 3.22. The standard InChI is InChI=1S/C19H17N3O7S3/c1-13-2-6-15(7-3-13)31(26,27)11-10-17(23)21-19-20-12-18(30-19)32(28,29)16-8-4-14(5-9-16)22(24)25/h2-9,12H,10-11H2,1H3,(H,20,21,23). The van der Waals surface area contributed by atoms with E-state index in [2.05, 4.69) is 10.3 Å². The summed E-state index contributed by atoms with van der Waals surface area (Å²) in [5, 5.41) is 13.1. The van der Waals surface area contributed by atoms with Crippen LogP contribution in [-0.2, 0) is 24.5 Å². The van der Waals surface area contributed by atoms with Crippen molar-refractivity contribution in [2.24, 2.45) is 0 Å². The highest BCUT2D eigenvalue weighted by molar-refractivity contribution is 7.93. The highest BCUT2D eigenvalue weighted by atomic mass is 32.2. The summed E-state index contributed by atoms with van der Waals surface area (Å²) in [5.41, 5.74) is 0.659. The van der Waals surface area contributed by atoms with E-state index in [1.54, 1.807) is 12.1 Å². The minimum Gasteiger partial charge on any atom is -0.302 e. The number of rotatable bonds is 8. The summed E-state index contributed by atoms with van der Waals surface area (Å²) in [5.74, 6) is -1.05. The molecule has 168 valence electrons. The Morgan fingerprint density at radius 2 is 1.62 bits per heavy atom. The molecule has 1 amide bonds. The summed E-state index contributed by atoms with van der Waals surface area (Å²) in [7, 11) is -7.64. The van der Waals surface area contributed by atoms with Crippen LogP contribution in [0.25, 0.3) is 0 Å². The van der Waals surface area contributed by atoms with E-state index in [4.69, 9.17) is 0 Å². The van der Waals surface area contributed by atoms with Gasteiger partial charge in [-0.2, -0.15) is 0 Å². The number of aromatic nitrogens is 1. The van der Waals surface area contributed by atoms with Gasteiger partial charge in [-0.05, 0) is 31.2 Å². The molecule has 0 atom stereocenters. The van der Waals surface area contributed by atoms with E-state index in [0.29, 0.717) is 11.3 Å². The van der Waals surface area contributed by atoms with Gasteiger partial charge in [-0.25, -0.2) is 21.8 Å². The lowest BCUT2D eigenvalue weighted by Gasteiger charge is -2.05. The van der Waals surface area contributed by atoms with Gasteiger partial charge in [0.2, 0.25) is 15.7 Å². The van der Waals surface area contributed by atoms with Crippen molar-refractivity contribution in [3.8, 4) is 0 Å². The predicted molar refractivity (Wildman–Crippen MR) is 117 cm³/mol. The number of sulfone groups is 2. The zero-order chi connectivity index (χ0) is 23.5. The highest BCUT2D eigenvalue weighted by Gasteiger charge is 2.23. The van der Waals surface area contributed by atoms with Gasteiger partial charge in [0.1, 0.15) is 4.21 Å². The third kappa shape index (κ3) is 5.36.